The summed E-state index contributed by atoms with van der Waals surface area (Å²) in [6, 6.07) is 20.2. The van der Waals surface area contributed by atoms with Crippen molar-refractivity contribution >= 4 is 35.4 Å². The van der Waals surface area contributed by atoms with Gasteiger partial charge in [-0.3, -0.25) is 4.99 Å². The molecule has 1 aromatic heterocycles. The van der Waals surface area contributed by atoms with Gasteiger partial charge in [-0.05, 0) is 129 Å². The van der Waals surface area contributed by atoms with Crippen LogP contribution in [-0.4, -0.2) is 34.7 Å². The van der Waals surface area contributed by atoms with Gasteiger partial charge in [0.15, 0.2) is 11.7 Å². The molecule has 0 aliphatic heterocycles. The van der Waals surface area contributed by atoms with Gasteiger partial charge < -0.3 is 20.5 Å². The first-order chi connectivity index (χ1) is 27.4. The van der Waals surface area contributed by atoms with Gasteiger partial charge in [0.2, 0.25) is 0 Å². The summed E-state index contributed by atoms with van der Waals surface area (Å²) in [7, 11) is 0. The largest absolute Gasteiger partial charge is 0.379 e. The number of imidazole rings is 1. The van der Waals surface area contributed by atoms with Gasteiger partial charge in [0, 0.05) is 54.7 Å². The standard InChI is InChI=1S/C48H57F3N6/c1-10-23-57(24-11-2)38-19-22-43-45(28-38)56-48(55-43)37-18-20-41(32(7)25-37)54-33(8)36-17-21-42(44(27-36)52-9)53-29-34-13-15-35(16-14-34)31(6)26-39(30(4)5)46(50)47(51)40(49)12-3/h13-18,20-21,25,27-28,33,53-54H,4,6,9-12,19,22-24,26,29H2,1-3,5,7-8H3,(H,55,56)/b46-39+,47-40-. The number of nitrogens with zero attached hydrogens (tertiary/aromatic N) is 3. The quantitative estimate of drug-likeness (QED) is 0.0655. The monoisotopic (exact) mass is 774 g/mol. The molecule has 1 unspecified atom stereocenters. The van der Waals surface area contributed by atoms with E-state index in [0.717, 1.165) is 95.2 Å². The van der Waals surface area contributed by atoms with Crippen molar-refractivity contribution in [1.29, 1.82) is 0 Å². The molecule has 0 fully saturated rings. The van der Waals surface area contributed by atoms with Crippen molar-refractivity contribution < 1.29 is 13.2 Å². The maximum Gasteiger partial charge on any atom is 0.190 e. The van der Waals surface area contributed by atoms with Crippen LogP contribution in [0.4, 0.5) is 30.2 Å². The number of benzene rings is 3. The number of fused-ring (bicyclic) bond motifs is 1. The predicted molar refractivity (Wildman–Crippen MR) is 235 cm³/mol. The molecule has 1 aliphatic rings. The molecule has 0 amide bonds. The highest BCUT2D eigenvalue weighted by Crippen LogP contribution is 2.35. The zero-order valence-corrected chi connectivity index (χ0v) is 34.4. The van der Waals surface area contributed by atoms with Gasteiger partial charge in [-0.1, -0.05) is 69.8 Å². The third-order valence-corrected chi connectivity index (χ3v) is 10.5. The molecule has 1 heterocycles. The van der Waals surface area contributed by atoms with Crippen LogP contribution < -0.4 is 10.6 Å². The van der Waals surface area contributed by atoms with E-state index in [0.29, 0.717) is 17.7 Å². The number of aromatic amines is 1. The fourth-order valence-electron chi connectivity index (χ4n) is 7.12. The fraction of sp³-hybridized carbons (Fsp3) is 0.333. The Kier molecular flexibility index (Phi) is 14.6. The first-order valence-electron chi connectivity index (χ1n) is 20.0. The van der Waals surface area contributed by atoms with Gasteiger partial charge in [-0.15, -0.1) is 0 Å². The molecule has 1 atom stereocenters. The van der Waals surface area contributed by atoms with E-state index in [4.69, 9.17) is 4.98 Å². The summed E-state index contributed by atoms with van der Waals surface area (Å²) < 4.78 is 42.9. The molecule has 57 heavy (non-hydrogen) atoms. The molecule has 0 saturated carbocycles. The number of anilines is 2. The van der Waals surface area contributed by atoms with Crippen molar-refractivity contribution in [2.75, 3.05) is 23.7 Å². The molecule has 6 nitrogen and oxygen atoms in total. The van der Waals surface area contributed by atoms with E-state index < -0.39 is 17.5 Å². The van der Waals surface area contributed by atoms with Crippen molar-refractivity contribution in [2.24, 2.45) is 4.99 Å². The lowest BCUT2D eigenvalue weighted by Gasteiger charge is -2.28. The van der Waals surface area contributed by atoms with E-state index in [1.165, 1.54) is 18.3 Å². The Morgan fingerprint density at radius 1 is 0.930 bits per heavy atom. The van der Waals surface area contributed by atoms with Crippen molar-refractivity contribution in [3.63, 3.8) is 0 Å². The highest BCUT2D eigenvalue weighted by molar-refractivity contribution is 5.71. The second-order valence-corrected chi connectivity index (χ2v) is 14.9. The van der Waals surface area contributed by atoms with Gasteiger partial charge in [0.05, 0.1) is 17.1 Å². The Morgan fingerprint density at radius 2 is 1.63 bits per heavy atom. The minimum Gasteiger partial charge on any atom is -0.379 e. The topological polar surface area (TPSA) is 68.3 Å². The second kappa shape index (κ2) is 19.5. The van der Waals surface area contributed by atoms with Crippen LogP contribution in [0.3, 0.4) is 0 Å². The first-order valence-corrected chi connectivity index (χ1v) is 20.0. The lowest BCUT2D eigenvalue weighted by molar-refractivity contribution is 0.334. The van der Waals surface area contributed by atoms with E-state index in [1.54, 1.807) is 6.92 Å². The van der Waals surface area contributed by atoms with E-state index in [1.807, 2.05) is 36.4 Å². The number of aliphatic imine (C=N–C) groups is 1. The third kappa shape index (κ3) is 10.4. The number of aryl methyl sites for hydroxylation is 2. The van der Waals surface area contributed by atoms with Crippen molar-refractivity contribution in [3.8, 4) is 11.4 Å². The third-order valence-electron chi connectivity index (χ3n) is 10.5. The van der Waals surface area contributed by atoms with Crippen LogP contribution in [0.1, 0.15) is 106 Å². The first kappa shape index (κ1) is 42.6. The number of allylic oxidation sites excluding steroid dienone is 7. The Hall–Kier alpha value is -5.57. The van der Waals surface area contributed by atoms with Crippen LogP contribution in [0.15, 0.2) is 113 Å². The van der Waals surface area contributed by atoms with E-state index in [2.05, 4.69) is 103 Å². The number of nitrogens with one attached hydrogen (secondary N) is 3. The number of hydrogen-bond donors (Lipinski definition) is 3. The van der Waals surface area contributed by atoms with Crippen LogP contribution in [0.5, 0.6) is 0 Å². The van der Waals surface area contributed by atoms with Crippen molar-refractivity contribution in [3.05, 3.63) is 142 Å². The minimum absolute atomic E-state index is 0.00487. The highest BCUT2D eigenvalue weighted by Gasteiger charge is 2.21. The van der Waals surface area contributed by atoms with Gasteiger partial charge in [-0.2, -0.15) is 0 Å². The Balaban J connectivity index is 1.21. The molecule has 0 bridgehead atoms. The molecule has 3 aromatic carbocycles. The Labute approximate surface area is 337 Å². The molecule has 4 aromatic rings. The molecule has 300 valence electrons. The van der Waals surface area contributed by atoms with Crippen molar-refractivity contribution in [2.45, 2.75) is 92.7 Å². The average molecular weight is 775 g/mol. The maximum absolute atomic E-state index is 14.8. The summed E-state index contributed by atoms with van der Waals surface area (Å²) in [5.74, 6) is -2.93. The molecule has 1 aliphatic carbocycles. The smallest absolute Gasteiger partial charge is 0.190 e. The van der Waals surface area contributed by atoms with Gasteiger partial charge in [-0.25, -0.2) is 18.2 Å². The van der Waals surface area contributed by atoms with Crippen molar-refractivity contribution in [1.82, 2.24) is 14.9 Å². The van der Waals surface area contributed by atoms with E-state index in [9.17, 15) is 13.2 Å². The normalized spacial score (nSPS) is 13.8. The SMILES string of the molecule is C=Nc1cc(C(C)Nc2ccc(-c3nc4c([nH]3)CCC(N(CCC)CCC)=C4)cc2C)ccc1NCc1ccc(C(=C)C/C(C(=C)C)=C(F)/C(F)=C(/F)CC)cc1. The number of halogens is 3. The summed E-state index contributed by atoms with van der Waals surface area (Å²) in [4.78, 5) is 15.4. The zero-order chi connectivity index (χ0) is 41.2. The molecule has 9 heteroatoms. The predicted octanol–water partition coefficient (Wildman–Crippen LogP) is 13.7. The number of H-pyrrole nitrogens is 1. The van der Waals surface area contributed by atoms with Crippen LogP contribution in [0, 0.1) is 6.92 Å². The van der Waals surface area contributed by atoms with E-state index in [-0.39, 0.29) is 24.5 Å². The van der Waals surface area contributed by atoms with Crippen LogP contribution >= 0.6 is 0 Å². The van der Waals surface area contributed by atoms with Gasteiger partial charge >= 0.3 is 0 Å². The lowest BCUT2D eigenvalue weighted by atomic mass is 9.94. The lowest BCUT2D eigenvalue weighted by Crippen LogP contribution is -2.26. The summed E-state index contributed by atoms with van der Waals surface area (Å²) >= 11 is 0. The number of aromatic nitrogens is 2. The van der Waals surface area contributed by atoms with Gasteiger partial charge in [0.25, 0.3) is 0 Å². The Morgan fingerprint density at radius 3 is 2.26 bits per heavy atom. The number of rotatable bonds is 19. The molecule has 0 spiro atoms. The molecule has 3 N–H and O–H groups in total. The summed E-state index contributed by atoms with van der Waals surface area (Å²) in [6.07, 6.45) is 6.33. The highest BCUT2D eigenvalue weighted by atomic mass is 19.2. The molecule has 0 saturated heterocycles. The molecule has 0 radical (unpaired) electrons. The van der Waals surface area contributed by atoms with E-state index >= 15 is 0 Å². The molecular weight excluding hydrogens is 718 g/mol. The number of hydrogen-bond acceptors (Lipinski definition) is 5. The Bertz CT molecular complexity index is 2180. The average Bonchev–Trinajstić information content (AvgIpc) is 3.65. The van der Waals surface area contributed by atoms with Crippen LogP contribution in [0.25, 0.3) is 23.0 Å². The second-order valence-electron chi connectivity index (χ2n) is 14.9. The summed E-state index contributed by atoms with van der Waals surface area (Å²) in [5.41, 5.74) is 12.2. The molecule has 5 rings (SSSR count). The maximum atomic E-state index is 14.8. The molecular formula is C48H57F3N6. The summed E-state index contributed by atoms with van der Waals surface area (Å²) in [6.45, 7) is 26.1. The zero-order valence-electron chi connectivity index (χ0n) is 34.4. The van der Waals surface area contributed by atoms with Crippen LogP contribution in [0.2, 0.25) is 0 Å². The van der Waals surface area contributed by atoms with Gasteiger partial charge in [0.1, 0.15) is 11.7 Å². The summed E-state index contributed by atoms with van der Waals surface area (Å²) in [5, 5.41) is 7.14. The minimum atomic E-state index is -1.48. The fourth-order valence-corrected chi connectivity index (χ4v) is 7.12. The van der Waals surface area contributed by atoms with Crippen LogP contribution in [-0.2, 0) is 13.0 Å².